The van der Waals surface area contributed by atoms with Crippen LogP contribution in [-0.4, -0.2) is 67.2 Å². The van der Waals surface area contributed by atoms with Crippen molar-refractivity contribution in [3.63, 3.8) is 0 Å². The molecule has 1 N–H and O–H groups in total. The number of hydrogen-bond acceptors (Lipinski definition) is 8. The average Bonchev–Trinajstić information content (AvgIpc) is 3.14. The Morgan fingerprint density at radius 2 is 1.26 bits per heavy atom. The van der Waals surface area contributed by atoms with Crippen molar-refractivity contribution in [2.75, 3.05) is 34.4 Å². The van der Waals surface area contributed by atoms with E-state index in [1.54, 1.807) is 13.2 Å². The normalized spacial score (nSPS) is 13.6. The number of ether oxygens (including phenoxy) is 5. The van der Waals surface area contributed by atoms with Gasteiger partial charge in [0, 0.05) is 20.1 Å². The van der Waals surface area contributed by atoms with Gasteiger partial charge in [0.15, 0.2) is 0 Å². The van der Waals surface area contributed by atoms with E-state index in [9.17, 15) is 14.7 Å². The number of rotatable bonds is 17. The lowest BCUT2D eigenvalue weighted by atomic mass is 9.80. The molecular weight excluding hydrogens is 636 g/mol. The number of aryl methyl sites for hydroxylation is 2. The number of aromatic carboxylic acids is 1. The van der Waals surface area contributed by atoms with Crippen LogP contribution in [0.5, 0.6) is 0 Å². The smallest absolute Gasteiger partial charge is 0.360 e. The Morgan fingerprint density at radius 3 is 1.74 bits per heavy atom. The summed E-state index contributed by atoms with van der Waals surface area (Å²) in [5.74, 6) is -1.82. The molecule has 0 aliphatic heterocycles. The zero-order chi connectivity index (χ0) is 35.7. The number of methoxy groups -OCH3 is 2. The first kappa shape index (κ1) is 36.6. The van der Waals surface area contributed by atoms with Crippen LogP contribution in [0.25, 0.3) is 11.0 Å². The fraction of sp³-hybridized carbons (Fsp3) is 0.325. The lowest BCUT2D eigenvalue weighted by Gasteiger charge is -2.38. The summed E-state index contributed by atoms with van der Waals surface area (Å²) >= 11 is 0. The second-order valence-electron chi connectivity index (χ2n) is 12.3. The molecule has 0 saturated carbocycles. The Morgan fingerprint density at radius 1 is 0.780 bits per heavy atom. The summed E-state index contributed by atoms with van der Waals surface area (Å²) in [4.78, 5) is 30.0. The van der Waals surface area contributed by atoms with Gasteiger partial charge in [-0.25, -0.2) is 9.78 Å². The summed E-state index contributed by atoms with van der Waals surface area (Å²) < 4.78 is 31.8. The summed E-state index contributed by atoms with van der Waals surface area (Å²) in [6.07, 6.45) is -1.30. The van der Waals surface area contributed by atoms with Crippen LogP contribution < -0.4 is 5.56 Å². The summed E-state index contributed by atoms with van der Waals surface area (Å²) in [5.41, 5.74) is 3.27. The molecule has 0 spiro atoms. The second kappa shape index (κ2) is 16.8. The van der Waals surface area contributed by atoms with E-state index in [1.807, 2.05) is 118 Å². The second-order valence-corrected chi connectivity index (χ2v) is 12.3. The molecule has 1 heterocycles. The molecule has 5 aromatic rings. The molecule has 50 heavy (non-hydrogen) atoms. The van der Waals surface area contributed by atoms with E-state index in [4.69, 9.17) is 23.7 Å². The van der Waals surface area contributed by atoms with E-state index in [2.05, 4.69) is 4.98 Å². The van der Waals surface area contributed by atoms with Gasteiger partial charge < -0.3 is 33.4 Å². The quantitative estimate of drug-likeness (QED) is 0.0888. The molecule has 262 valence electrons. The van der Waals surface area contributed by atoms with Gasteiger partial charge in [-0.1, -0.05) is 97.9 Å². The third-order valence-electron chi connectivity index (χ3n) is 9.10. The molecule has 1 aromatic heterocycles. The number of carboxylic acids is 1. The molecule has 10 nitrogen and oxygen atoms in total. The third-order valence-corrected chi connectivity index (χ3v) is 9.10. The van der Waals surface area contributed by atoms with Crippen molar-refractivity contribution in [2.45, 2.75) is 45.1 Å². The molecule has 0 aliphatic carbocycles. The summed E-state index contributed by atoms with van der Waals surface area (Å²) in [6, 6.07) is 33.7. The van der Waals surface area contributed by atoms with Crippen molar-refractivity contribution in [1.82, 2.24) is 9.55 Å². The van der Waals surface area contributed by atoms with Crippen molar-refractivity contribution in [2.24, 2.45) is 5.92 Å². The molecule has 5 rings (SSSR count). The number of carboxylic acid groups (broad SMARTS) is 1. The van der Waals surface area contributed by atoms with Gasteiger partial charge in [-0.05, 0) is 53.8 Å². The van der Waals surface area contributed by atoms with Crippen LogP contribution in [0.4, 0.5) is 0 Å². The molecule has 0 fully saturated rings. The summed E-state index contributed by atoms with van der Waals surface area (Å²) in [6.45, 7) is 5.79. The largest absolute Gasteiger partial charge is 0.476 e. The number of fused-ring (bicyclic) bond motifs is 1. The van der Waals surface area contributed by atoms with Gasteiger partial charge >= 0.3 is 5.97 Å². The van der Waals surface area contributed by atoms with Crippen molar-refractivity contribution in [3.8, 4) is 0 Å². The fourth-order valence-corrected chi connectivity index (χ4v) is 6.25. The Hall–Kier alpha value is -4.71. The van der Waals surface area contributed by atoms with E-state index >= 15 is 0 Å². The average molecular weight is 681 g/mol. The minimum absolute atomic E-state index is 0.000792. The number of benzene rings is 4. The van der Waals surface area contributed by atoms with Crippen LogP contribution in [-0.2, 0) is 35.8 Å². The minimum atomic E-state index is -1.40. The Balaban J connectivity index is 1.58. The lowest BCUT2D eigenvalue weighted by Crippen LogP contribution is -2.44. The summed E-state index contributed by atoms with van der Waals surface area (Å²) in [5, 5.41) is 9.89. The van der Waals surface area contributed by atoms with Crippen molar-refractivity contribution >= 4 is 17.0 Å². The van der Waals surface area contributed by atoms with Crippen molar-refractivity contribution in [1.29, 1.82) is 0 Å². The van der Waals surface area contributed by atoms with Crippen LogP contribution in [0.1, 0.15) is 45.2 Å². The summed E-state index contributed by atoms with van der Waals surface area (Å²) in [7, 11) is 3.06. The van der Waals surface area contributed by atoms with Crippen LogP contribution >= 0.6 is 0 Å². The van der Waals surface area contributed by atoms with E-state index in [0.29, 0.717) is 11.0 Å². The number of nitrogens with zero attached hydrogens (tertiary/aromatic N) is 2. The van der Waals surface area contributed by atoms with Gasteiger partial charge in [-0.15, -0.1) is 0 Å². The highest BCUT2D eigenvalue weighted by Gasteiger charge is 2.40. The van der Waals surface area contributed by atoms with Crippen molar-refractivity contribution < 1.29 is 33.6 Å². The predicted molar refractivity (Wildman–Crippen MR) is 190 cm³/mol. The maximum Gasteiger partial charge on any atom is 0.360 e. The van der Waals surface area contributed by atoms with Gasteiger partial charge in [-0.2, -0.15) is 0 Å². The van der Waals surface area contributed by atoms with E-state index in [0.717, 1.165) is 27.8 Å². The first-order valence-corrected chi connectivity index (χ1v) is 16.5. The van der Waals surface area contributed by atoms with Gasteiger partial charge in [0.1, 0.15) is 19.2 Å². The highest BCUT2D eigenvalue weighted by atomic mass is 16.7. The molecule has 0 unspecified atom stereocenters. The Kier molecular flexibility index (Phi) is 12.3. The van der Waals surface area contributed by atoms with Gasteiger partial charge in [0.25, 0.3) is 5.56 Å². The first-order chi connectivity index (χ1) is 24.2. The number of aromatic nitrogens is 2. The van der Waals surface area contributed by atoms with E-state index in [1.165, 1.54) is 11.7 Å². The van der Waals surface area contributed by atoms with Crippen LogP contribution in [0.3, 0.4) is 0 Å². The van der Waals surface area contributed by atoms with Gasteiger partial charge in [0.05, 0.1) is 36.4 Å². The monoisotopic (exact) mass is 680 g/mol. The fourth-order valence-electron chi connectivity index (χ4n) is 6.25. The molecule has 10 heteroatoms. The minimum Gasteiger partial charge on any atom is -0.476 e. The Bertz CT molecular complexity index is 1820. The van der Waals surface area contributed by atoms with E-state index in [-0.39, 0.29) is 26.7 Å². The molecule has 0 radical (unpaired) electrons. The van der Waals surface area contributed by atoms with Gasteiger partial charge in [0.2, 0.25) is 5.69 Å². The van der Waals surface area contributed by atoms with E-state index < -0.39 is 40.9 Å². The molecule has 4 aromatic carbocycles. The van der Waals surface area contributed by atoms with Gasteiger partial charge in [-0.3, -0.25) is 4.79 Å². The predicted octanol–water partition coefficient (Wildman–Crippen LogP) is 6.33. The molecular formula is C40H44N2O8. The third kappa shape index (κ3) is 7.85. The molecule has 3 atom stereocenters. The maximum atomic E-state index is 13.7. The first-order valence-electron chi connectivity index (χ1n) is 16.5. The molecule has 0 bridgehead atoms. The molecule has 0 saturated heterocycles. The van der Waals surface area contributed by atoms with Crippen molar-refractivity contribution in [3.05, 3.63) is 147 Å². The number of carbonyl (C=O) groups is 1. The standard InChI is InChI=1S/C40H44N2O8/c1-27-21-33-34(22-28(27)2)42(38(43)37(41-33)39(44)45)23-35(48-25-46-4)29(3)36(49-26-47-5)24-50-40(30-15-9-6-10-16-30,31-17-11-7-12-18-31)32-19-13-8-14-20-32/h6-22,29,35-36H,23-26H2,1-5H3,(H,44,45)/t29-,35-,36+/m0/s1. The SMILES string of the molecule is COCO[C@@H](Cn1c(=O)c(C(=O)O)nc2cc(C)c(C)cc21)[C@H](C)[C@@H](COC(c1ccccc1)(c1ccccc1)c1ccccc1)OCOC. The van der Waals surface area contributed by atoms with Crippen LogP contribution in [0.2, 0.25) is 0 Å². The maximum absolute atomic E-state index is 13.7. The lowest BCUT2D eigenvalue weighted by molar-refractivity contribution is -0.166. The topological polar surface area (TPSA) is 118 Å². The Labute approximate surface area is 292 Å². The zero-order valence-electron chi connectivity index (χ0n) is 29.1. The highest BCUT2D eigenvalue weighted by Crippen LogP contribution is 2.41. The highest BCUT2D eigenvalue weighted by molar-refractivity contribution is 5.88. The number of hydrogen-bond donors (Lipinski definition) is 1. The van der Waals surface area contributed by atoms with Crippen LogP contribution in [0, 0.1) is 19.8 Å². The molecule has 0 amide bonds. The zero-order valence-corrected chi connectivity index (χ0v) is 29.1. The molecule has 0 aliphatic rings. The van der Waals surface area contributed by atoms with Crippen LogP contribution in [0.15, 0.2) is 108 Å².